The van der Waals surface area contributed by atoms with Crippen LogP contribution in [0.4, 0.5) is 15.8 Å². The van der Waals surface area contributed by atoms with Crippen molar-refractivity contribution in [3.63, 3.8) is 0 Å². The van der Waals surface area contributed by atoms with Crippen LogP contribution in [0.5, 0.6) is 0 Å². The van der Waals surface area contributed by atoms with E-state index in [9.17, 15) is 9.18 Å². The van der Waals surface area contributed by atoms with E-state index in [0.29, 0.717) is 11.6 Å². The molecule has 5 heteroatoms. The van der Waals surface area contributed by atoms with Gasteiger partial charge in [-0.25, -0.2) is 4.39 Å². The fraction of sp³-hybridized carbons (Fsp3) is 0.240. The van der Waals surface area contributed by atoms with E-state index >= 15 is 0 Å². The highest BCUT2D eigenvalue weighted by molar-refractivity contribution is 6.30. The molecule has 0 atom stereocenters. The van der Waals surface area contributed by atoms with Crippen molar-refractivity contribution >= 4 is 28.9 Å². The summed E-state index contributed by atoms with van der Waals surface area (Å²) in [6.07, 6.45) is 1.83. The van der Waals surface area contributed by atoms with Crippen LogP contribution in [0, 0.1) is 5.82 Å². The largest absolute Gasteiger partial charge is 0.371 e. The first-order valence-corrected chi connectivity index (χ1v) is 10.6. The van der Waals surface area contributed by atoms with Crippen molar-refractivity contribution in [1.29, 1.82) is 0 Å². The Morgan fingerprint density at radius 2 is 1.63 bits per heavy atom. The van der Waals surface area contributed by atoms with Crippen LogP contribution in [-0.4, -0.2) is 25.5 Å². The molecule has 0 radical (unpaired) electrons. The topological polar surface area (TPSA) is 23.6 Å². The number of halogens is 2. The van der Waals surface area contributed by atoms with Gasteiger partial charge in [0.25, 0.3) is 5.91 Å². The van der Waals surface area contributed by atoms with Gasteiger partial charge in [-0.15, -0.1) is 0 Å². The fourth-order valence-corrected chi connectivity index (χ4v) is 5.03. The highest BCUT2D eigenvalue weighted by Crippen LogP contribution is 2.48. The lowest BCUT2D eigenvalue weighted by molar-refractivity contribution is 0.0979. The van der Waals surface area contributed by atoms with Gasteiger partial charge in [-0.1, -0.05) is 41.9 Å². The molecule has 2 aliphatic heterocycles. The molecule has 3 aromatic carbocycles. The van der Waals surface area contributed by atoms with Crippen molar-refractivity contribution in [3.8, 4) is 0 Å². The third kappa shape index (κ3) is 3.16. The highest BCUT2D eigenvalue weighted by atomic mass is 35.5. The zero-order chi connectivity index (χ0) is 20.7. The predicted octanol–water partition coefficient (Wildman–Crippen LogP) is 5.68. The number of benzene rings is 3. The molecule has 1 fully saturated rings. The molecule has 1 amide bonds. The van der Waals surface area contributed by atoms with Gasteiger partial charge in [-0.2, -0.15) is 0 Å². The van der Waals surface area contributed by atoms with Crippen molar-refractivity contribution in [2.75, 3.05) is 29.4 Å². The number of carbonyl (C=O) groups is 1. The zero-order valence-corrected chi connectivity index (χ0v) is 17.3. The Morgan fingerprint density at radius 1 is 0.933 bits per heavy atom. The van der Waals surface area contributed by atoms with Crippen LogP contribution in [-0.2, 0) is 5.41 Å². The third-order valence-corrected chi connectivity index (χ3v) is 6.71. The van der Waals surface area contributed by atoms with E-state index in [-0.39, 0.29) is 16.9 Å². The third-order valence-electron chi connectivity index (χ3n) is 6.47. The van der Waals surface area contributed by atoms with Crippen molar-refractivity contribution in [1.82, 2.24) is 0 Å². The van der Waals surface area contributed by atoms with E-state index in [1.54, 1.807) is 29.2 Å². The van der Waals surface area contributed by atoms with Crippen LogP contribution in [0.1, 0.15) is 28.8 Å². The molecule has 5 rings (SSSR count). The van der Waals surface area contributed by atoms with Gasteiger partial charge in [-0.05, 0) is 60.9 Å². The average molecular weight is 421 g/mol. The van der Waals surface area contributed by atoms with Crippen molar-refractivity contribution in [2.24, 2.45) is 0 Å². The van der Waals surface area contributed by atoms with Crippen LogP contribution < -0.4 is 9.80 Å². The van der Waals surface area contributed by atoms with E-state index in [1.807, 2.05) is 18.2 Å². The smallest absolute Gasteiger partial charge is 0.261 e. The molecule has 0 unspecified atom stereocenters. The Bertz CT molecular complexity index is 1090. The van der Waals surface area contributed by atoms with E-state index in [2.05, 4.69) is 29.2 Å². The van der Waals surface area contributed by atoms with Crippen molar-refractivity contribution < 1.29 is 9.18 Å². The molecular formula is C25H22ClFN2O. The minimum absolute atomic E-state index is 0.108. The molecule has 0 bridgehead atoms. The number of para-hydroxylation sites is 1. The number of fused-ring (bicyclic) bond motifs is 2. The van der Waals surface area contributed by atoms with Crippen LogP contribution >= 0.6 is 11.6 Å². The summed E-state index contributed by atoms with van der Waals surface area (Å²) in [5.41, 5.74) is 3.12. The Balaban J connectivity index is 1.47. The minimum atomic E-state index is -0.488. The molecule has 152 valence electrons. The van der Waals surface area contributed by atoms with Gasteiger partial charge in [0, 0.05) is 41.4 Å². The summed E-state index contributed by atoms with van der Waals surface area (Å²) in [4.78, 5) is 17.4. The van der Waals surface area contributed by atoms with Gasteiger partial charge in [0.1, 0.15) is 5.82 Å². The Hall–Kier alpha value is -2.85. The molecule has 0 N–H and O–H groups in total. The SMILES string of the molecule is O=C(c1ccccc1F)N1CC2(CCN(c3ccccc3)CC2)c2cc(Cl)ccc21. The maximum absolute atomic E-state index is 14.3. The number of nitrogens with zero attached hydrogens (tertiary/aromatic N) is 2. The number of hydrogen-bond acceptors (Lipinski definition) is 2. The zero-order valence-electron chi connectivity index (χ0n) is 16.5. The summed E-state index contributed by atoms with van der Waals surface area (Å²) < 4.78 is 14.3. The van der Waals surface area contributed by atoms with E-state index in [0.717, 1.165) is 37.2 Å². The molecule has 1 spiro atoms. The molecule has 2 heterocycles. The molecule has 1 saturated heterocycles. The maximum Gasteiger partial charge on any atom is 0.261 e. The first kappa shape index (κ1) is 19.1. The number of hydrogen-bond donors (Lipinski definition) is 0. The standard InChI is InChI=1S/C25H22ClFN2O/c26-18-10-11-23-21(16-18)25(12-14-28(15-13-25)19-6-2-1-3-7-19)17-29(23)24(30)20-8-4-5-9-22(20)27/h1-11,16H,12-15,17H2. The lowest BCUT2D eigenvalue weighted by Crippen LogP contribution is -2.46. The molecular weight excluding hydrogens is 399 g/mol. The number of piperidine rings is 1. The molecule has 0 aromatic heterocycles. The highest BCUT2D eigenvalue weighted by Gasteiger charge is 2.46. The Labute approximate surface area is 180 Å². The summed E-state index contributed by atoms with van der Waals surface area (Å²) in [6, 6.07) is 22.3. The predicted molar refractivity (Wildman–Crippen MR) is 119 cm³/mol. The van der Waals surface area contributed by atoms with Gasteiger partial charge in [0.05, 0.1) is 5.56 Å². The summed E-state index contributed by atoms with van der Waals surface area (Å²) in [5.74, 6) is -0.781. The lowest BCUT2D eigenvalue weighted by atomic mass is 9.74. The molecule has 2 aliphatic rings. The number of amides is 1. The Morgan fingerprint density at radius 3 is 2.37 bits per heavy atom. The summed E-state index contributed by atoms with van der Waals surface area (Å²) >= 11 is 6.35. The van der Waals surface area contributed by atoms with E-state index in [1.165, 1.54) is 11.8 Å². The normalized spacial score (nSPS) is 17.3. The molecule has 0 saturated carbocycles. The van der Waals surface area contributed by atoms with Crippen molar-refractivity contribution in [3.05, 3.63) is 94.8 Å². The second-order valence-electron chi connectivity index (χ2n) is 8.14. The van der Waals surface area contributed by atoms with Gasteiger partial charge < -0.3 is 9.80 Å². The fourth-order valence-electron chi connectivity index (χ4n) is 4.86. The van der Waals surface area contributed by atoms with E-state index in [4.69, 9.17) is 11.6 Å². The number of carbonyl (C=O) groups excluding carboxylic acids is 1. The summed E-state index contributed by atoms with van der Waals surface area (Å²) in [6.45, 7) is 2.36. The maximum atomic E-state index is 14.3. The average Bonchev–Trinajstić information content (AvgIpc) is 3.08. The van der Waals surface area contributed by atoms with Gasteiger partial charge in [0.2, 0.25) is 0 Å². The monoisotopic (exact) mass is 420 g/mol. The molecule has 30 heavy (non-hydrogen) atoms. The second-order valence-corrected chi connectivity index (χ2v) is 8.57. The van der Waals surface area contributed by atoms with Gasteiger partial charge >= 0.3 is 0 Å². The van der Waals surface area contributed by atoms with Crippen LogP contribution in [0.3, 0.4) is 0 Å². The van der Waals surface area contributed by atoms with Gasteiger partial charge in [-0.3, -0.25) is 4.79 Å². The van der Waals surface area contributed by atoms with Crippen LogP contribution in [0.15, 0.2) is 72.8 Å². The summed E-state index contributed by atoms with van der Waals surface area (Å²) in [5, 5.41) is 0.666. The molecule has 0 aliphatic carbocycles. The van der Waals surface area contributed by atoms with Crippen molar-refractivity contribution in [2.45, 2.75) is 18.3 Å². The van der Waals surface area contributed by atoms with Crippen LogP contribution in [0.25, 0.3) is 0 Å². The molecule has 3 nitrogen and oxygen atoms in total. The number of rotatable bonds is 2. The van der Waals surface area contributed by atoms with Gasteiger partial charge in [0.15, 0.2) is 0 Å². The quantitative estimate of drug-likeness (QED) is 0.532. The first-order chi connectivity index (χ1) is 14.6. The second kappa shape index (κ2) is 7.44. The molecule has 3 aromatic rings. The first-order valence-electron chi connectivity index (χ1n) is 10.2. The van der Waals surface area contributed by atoms with E-state index < -0.39 is 5.82 Å². The number of anilines is 2. The minimum Gasteiger partial charge on any atom is -0.371 e. The van der Waals surface area contributed by atoms with Crippen LogP contribution in [0.2, 0.25) is 5.02 Å². The lowest BCUT2D eigenvalue weighted by Gasteiger charge is -2.41. The Kier molecular flexibility index (Phi) is 4.75. The summed E-state index contributed by atoms with van der Waals surface area (Å²) in [7, 11) is 0.